The van der Waals surface area contributed by atoms with Crippen LogP contribution in [-0.2, 0) is 45.2 Å². The van der Waals surface area contributed by atoms with E-state index in [1.807, 2.05) is 91.9 Å². The first kappa shape index (κ1) is 35.4. The maximum absolute atomic E-state index is 13.5. The normalized spacial score (nSPS) is 12.4. The molecule has 0 unspecified atom stereocenters. The lowest BCUT2D eigenvalue weighted by molar-refractivity contribution is -0.147. The second kappa shape index (κ2) is 17.5. The molecule has 47 heavy (non-hydrogen) atoms. The molecule has 0 spiro atoms. The summed E-state index contributed by atoms with van der Waals surface area (Å²) >= 11 is 0. The Morgan fingerprint density at radius 2 is 1.32 bits per heavy atom. The molecule has 7 heteroatoms. The van der Waals surface area contributed by atoms with Gasteiger partial charge >= 0.3 is 11.9 Å². The third-order valence-electron chi connectivity index (χ3n) is 7.97. The fraction of sp³-hybridized carbons (Fsp3) is 0.300. The van der Waals surface area contributed by atoms with Gasteiger partial charge in [0.1, 0.15) is 18.4 Å². The third-order valence-corrected chi connectivity index (χ3v) is 9.67. The molecular formula is C40H47NO5Si. The van der Waals surface area contributed by atoms with Crippen LogP contribution in [0.1, 0.15) is 34.7 Å². The van der Waals surface area contributed by atoms with Crippen molar-refractivity contribution in [3.63, 3.8) is 0 Å². The van der Waals surface area contributed by atoms with Crippen molar-refractivity contribution in [2.75, 3.05) is 13.7 Å². The molecule has 0 saturated heterocycles. The Hall–Kier alpha value is -4.46. The van der Waals surface area contributed by atoms with Gasteiger partial charge in [-0.2, -0.15) is 0 Å². The van der Waals surface area contributed by atoms with E-state index in [0.29, 0.717) is 49.6 Å². The molecule has 0 aliphatic heterocycles. The van der Waals surface area contributed by atoms with Gasteiger partial charge in [-0.05, 0) is 53.8 Å². The summed E-state index contributed by atoms with van der Waals surface area (Å²) in [6, 6.07) is 36.3. The number of nitrogens with zero attached hydrogens (tertiary/aromatic N) is 1. The molecule has 1 atom stereocenters. The molecule has 246 valence electrons. The van der Waals surface area contributed by atoms with Gasteiger partial charge < -0.3 is 14.2 Å². The molecule has 0 radical (unpaired) electrons. The minimum atomic E-state index is -1.39. The SMILES string of the molecule is C/C=C(\C(=O)OCC[Si](C)(C)C)c1cc(C[C@@H](C(=O)OC)N(Cc2ccccc2)Cc2ccccc2)ccc1OCc1ccccc1. The molecule has 0 bridgehead atoms. The van der Waals surface area contributed by atoms with Gasteiger partial charge in [-0.25, -0.2) is 4.79 Å². The fourth-order valence-corrected chi connectivity index (χ4v) is 6.03. The van der Waals surface area contributed by atoms with Crippen LogP contribution in [0.3, 0.4) is 0 Å². The van der Waals surface area contributed by atoms with Crippen LogP contribution in [0.2, 0.25) is 25.7 Å². The number of carbonyl (C=O) groups is 2. The summed E-state index contributed by atoms with van der Waals surface area (Å²) in [6.07, 6.45) is 2.15. The summed E-state index contributed by atoms with van der Waals surface area (Å²) in [6.45, 7) is 10.5. The molecule has 0 aliphatic rings. The highest BCUT2D eigenvalue weighted by atomic mass is 28.3. The summed E-state index contributed by atoms with van der Waals surface area (Å²) in [4.78, 5) is 29.1. The number of benzene rings is 4. The van der Waals surface area contributed by atoms with E-state index in [-0.39, 0.29) is 11.9 Å². The Bertz CT molecular complexity index is 1560. The van der Waals surface area contributed by atoms with Crippen molar-refractivity contribution in [3.05, 3.63) is 143 Å². The highest BCUT2D eigenvalue weighted by molar-refractivity contribution is 6.76. The molecule has 0 aliphatic carbocycles. The first-order chi connectivity index (χ1) is 22.7. The monoisotopic (exact) mass is 649 g/mol. The van der Waals surface area contributed by atoms with E-state index >= 15 is 0 Å². The van der Waals surface area contributed by atoms with Crippen LogP contribution in [-0.4, -0.2) is 44.7 Å². The van der Waals surface area contributed by atoms with Gasteiger partial charge in [0.25, 0.3) is 0 Å². The molecule has 0 amide bonds. The quantitative estimate of drug-likeness (QED) is 0.0691. The average Bonchev–Trinajstić information content (AvgIpc) is 3.07. The standard InChI is InChI=1S/C40H47NO5Si/c1-6-35(39(42)45-24-25-47(3,4)5)36-26-34(22-23-38(36)46-30-33-20-14-9-15-21-33)27-37(40(43)44-2)41(28-31-16-10-7-11-17-31)29-32-18-12-8-13-19-32/h6-23,26,37H,24-25,27-30H2,1-5H3/b35-6-/t37-/m0/s1. The summed E-state index contributed by atoms with van der Waals surface area (Å²) in [5.41, 5.74) is 5.17. The Balaban J connectivity index is 1.68. The van der Waals surface area contributed by atoms with E-state index in [1.165, 1.54) is 7.11 Å². The molecule has 4 aromatic carbocycles. The fourth-order valence-electron chi connectivity index (χ4n) is 5.32. The maximum Gasteiger partial charge on any atom is 0.338 e. The van der Waals surface area contributed by atoms with Crippen molar-refractivity contribution < 1.29 is 23.8 Å². The van der Waals surface area contributed by atoms with Crippen molar-refractivity contribution in [2.24, 2.45) is 0 Å². The van der Waals surface area contributed by atoms with Crippen molar-refractivity contribution >= 4 is 25.6 Å². The zero-order valence-corrected chi connectivity index (χ0v) is 29.3. The van der Waals surface area contributed by atoms with Crippen molar-refractivity contribution in [2.45, 2.75) is 64.8 Å². The summed E-state index contributed by atoms with van der Waals surface area (Å²) < 4.78 is 17.5. The van der Waals surface area contributed by atoms with Gasteiger partial charge in [0.15, 0.2) is 0 Å². The van der Waals surface area contributed by atoms with Crippen LogP contribution in [0.4, 0.5) is 0 Å². The van der Waals surface area contributed by atoms with Crippen LogP contribution < -0.4 is 4.74 Å². The molecule has 0 saturated carbocycles. The summed E-state index contributed by atoms with van der Waals surface area (Å²) in [5.74, 6) is -0.125. The Labute approximate surface area is 281 Å². The van der Waals surface area contributed by atoms with Crippen molar-refractivity contribution in [1.82, 2.24) is 4.90 Å². The van der Waals surface area contributed by atoms with Crippen LogP contribution in [0.5, 0.6) is 5.75 Å². The smallest absolute Gasteiger partial charge is 0.338 e. The van der Waals surface area contributed by atoms with E-state index in [4.69, 9.17) is 14.2 Å². The number of methoxy groups -OCH3 is 1. The molecule has 6 nitrogen and oxygen atoms in total. The van der Waals surface area contributed by atoms with E-state index in [9.17, 15) is 9.59 Å². The Morgan fingerprint density at radius 1 is 0.766 bits per heavy atom. The summed E-state index contributed by atoms with van der Waals surface area (Å²) in [5, 5.41) is 0. The van der Waals surface area contributed by atoms with E-state index < -0.39 is 14.1 Å². The second-order valence-electron chi connectivity index (χ2n) is 12.9. The molecule has 0 N–H and O–H groups in total. The highest BCUT2D eigenvalue weighted by Crippen LogP contribution is 2.31. The predicted molar refractivity (Wildman–Crippen MR) is 192 cm³/mol. The lowest BCUT2D eigenvalue weighted by atomic mass is 9.97. The number of carbonyl (C=O) groups excluding carboxylic acids is 2. The zero-order valence-electron chi connectivity index (χ0n) is 28.3. The lowest BCUT2D eigenvalue weighted by Crippen LogP contribution is -2.42. The van der Waals surface area contributed by atoms with Crippen molar-refractivity contribution in [3.8, 4) is 5.75 Å². The van der Waals surface area contributed by atoms with Gasteiger partial charge in [-0.3, -0.25) is 9.69 Å². The Kier molecular flexibility index (Phi) is 13.1. The van der Waals surface area contributed by atoms with Gasteiger partial charge in [0.05, 0.1) is 19.3 Å². The van der Waals surface area contributed by atoms with Crippen LogP contribution in [0.15, 0.2) is 115 Å². The largest absolute Gasteiger partial charge is 0.488 e. The van der Waals surface area contributed by atoms with Crippen LogP contribution >= 0.6 is 0 Å². The zero-order chi connectivity index (χ0) is 33.6. The first-order valence-corrected chi connectivity index (χ1v) is 19.9. The van der Waals surface area contributed by atoms with Gasteiger partial charge in [-0.15, -0.1) is 0 Å². The van der Waals surface area contributed by atoms with Crippen molar-refractivity contribution in [1.29, 1.82) is 0 Å². The second-order valence-corrected chi connectivity index (χ2v) is 18.5. The number of hydrogen-bond donors (Lipinski definition) is 0. The number of allylic oxidation sites excluding steroid dienone is 1. The van der Waals surface area contributed by atoms with E-state index in [1.54, 1.807) is 6.08 Å². The minimum absolute atomic E-state index is 0.320. The van der Waals surface area contributed by atoms with E-state index in [0.717, 1.165) is 28.3 Å². The Morgan fingerprint density at radius 3 is 1.83 bits per heavy atom. The topological polar surface area (TPSA) is 65.1 Å². The average molecular weight is 650 g/mol. The molecule has 0 heterocycles. The maximum atomic E-state index is 13.5. The molecule has 0 fully saturated rings. The van der Waals surface area contributed by atoms with Gasteiger partial charge in [0.2, 0.25) is 0 Å². The molecular weight excluding hydrogens is 603 g/mol. The molecule has 4 rings (SSSR count). The highest BCUT2D eigenvalue weighted by Gasteiger charge is 2.29. The van der Waals surface area contributed by atoms with Gasteiger partial charge in [0, 0.05) is 26.7 Å². The third kappa shape index (κ3) is 11.1. The predicted octanol–water partition coefficient (Wildman–Crippen LogP) is 8.34. The molecule has 4 aromatic rings. The number of hydrogen-bond acceptors (Lipinski definition) is 6. The number of ether oxygens (including phenoxy) is 3. The van der Waals surface area contributed by atoms with Crippen LogP contribution in [0.25, 0.3) is 5.57 Å². The molecule has 0 aromatic heterocycles. The van der Waals surface area contributed by atoms with Gasteiger partial charge in [-0.1, -0.05) is 123 Å². The number of rotatable bonds is 16. The number of esters is 2. The lowest BCUT2D eigenvalue weighted by Gasteiger charge is -2.30. The first-order valence-electron chi connectivity index (χ1n) is 16.2. The van der Waals surface area contributed by atoms with Crippen LogP contribution in [0, 0.1) is 0 Å². The van der Waals surface area contributed by atoms with E-state index in [2.05, 4.69) is 48.8 Å². The summed E-state index contributed by atoms with van der Waals surface area (Å²) in [7, 11) is 0.0410. The minimum Gasteiger partial charge on any atom is -0.488 e.